The minimum absolute atomic E-state index is 0.418. The fraction of sp³-hybridized carbons (Fsp3) is 0.286. The van der Waals surface area contributed by atoms with E-state index in [1.54, 1.807) is 17.6 Å². The molecule has 0 aliphatic carbocycles. The SMILES string of the molecule is Cc1cc(N(C)C)c2cc(C(=O)NO)cc(C)c2n1. The third-order valence-corrected chi connectivity index (χ3v) is 3.06. The third-order valence-electron chi connectivity index (χ3n) is 3.06. The molecule has 5 heteroatoms. The molecular formula is C14H17N3O2. The first-order valence-corrected chi connectivity index (χ1v) is 5.98. The van der Waals surface area contributed by atoms with Gasteiger partial charge in [-0.05, 0) is 37.6 Å². The number of carbonyl (C=O) groups is 1. The van der Waals surface area contributed by atoms with Crippen LogP contribution in [0.5, 0.6) is 0 Å². The number of benzene rings is 1. The molecule has 0 spiro atoms. The van der Waals surface area contributed by atoms with E-state index in [1.165, 1.54) is 0 Å². The molecule has 1 aromatic carbocycles. The van der Waals surface area contributed by atoms with Crippen LogP contribution in [0.25, 0.3) is 10.9 Å². The zero-order valence-corrected chi connectivity index (χ0v) is 11.5. The van der Waals surface area contributed by atoms with Crippen LogP contribution in [0, 0.1) is 13.8 Å². The van der Waals surface area contributed by atoms with Crippen LogP contribution in [-0.4, -0.2) is 30.2 Å². The van der Waals surface area contributed by atoms with Crippen molar-refractivity contribution >= 4 is 22.5 Å². The molecule has 2 N–H and O–H groups in total. The molecule has 100 valence electrons. The van der Waals surface area contributed by atoms with Crippen LogP contribution in [0.1, 0.15) is 21.6 Å². The number of hydrogen-bond acceptors (Lipinski definition) is 4. The monoisotopic (exact) mass is 259 g/mol. The quantitative estimate of drug-likeness (QED) is 0.640. The van der Waals surface area contributed by atoms with Gasteiger partial charge in [0, 0.05) is 36.4 Å². The predicted molar refractivity (Wildman–Crippen MR) is 74.8 cm³/mol. The van der Waals surface area contributed by atoms with Gasteiger partial charge in [-0.3, -0.25) is 15.0 Å². The zero-order valence-electron chi connectivity index (χ0n) is 11.5. The Kier molecular flexibility index (Phi) is 3.40. The number of amides is 1. The van der Waals surface area contributed by atoms with Crippen molar-refractivity contribution in [2.75, 3.05) is 19.0 Å². The van der Waals surface area contributed by atoms with E-state index in [9.17, 15) is 4.79 Å². The lowest BCUT2D eigenvalue weighted by molar-refractivity contribution is 0.0706. The van der Waals surface area contributed by atoms with Crippen LogP contribution >= 0.6 is 0 Å². The predicted octanol–water partition coefficient (Wildman–Crippen LogP) is 2.04. The second kappa shape index (κ2) is 4.85. The molecule has 2 aromatic rings. The van der Waals surface area contributed by atoms with Crippen molar-refractivity contribution in [2.24, 2.45) is 0 Å². The van der Waals surface area contributed by atoms with Gasteiger partial charge in [-0.15, -0.1) is 0 Å². The van der Waals surface area contributed by atoms with Gasteiger partial charge in [0.25, 0.3) is 5.91 Å². The van der Waals surface area contributed by atoms with E-state index in [1.807, 2.05) is 38.9 Å². The summed E-state index contributed by atoms with van der Waals surface area (Å²) in [6, 6.07) is 5.44. The van der Waals surface area contributed by atoms with Crippen LogP contribution in [0.2, 0.25) is 0 Å². The van der Waals surface area contributed by atoms with E-state index in [0.717, 1.165) is 27.8 Å². The van der Waals surface area contributed by atoms with E-state index in [4.69, 9.17) is 5.21 Å². The van der Waals surface area contributed by atoms with Crippen molar-refractivity contribution < 1.29 is 10.0 Å². The Morgan fingerprint density at radius 3 is 2.53 bits per heavy atom. The molecule has 0 aliphatic rings. The molecule has 2 rings (SSSR count). The summed E-state index contributed by atoms with van der Waals surface area (Å²) in [5, 5.41) is 9.65. The van der Waals surface area contributed by atoms with E-state index in [0.29, 0.717) is 5.56 Å². The van der Waals surface area contributed by atoms with E-state index < -0.39 is 5.91 Å². The van der Waals surface area contributed by atoms with Crippen LogP contribution in [0.3, 0.4) is 0 Å². The molecular weight excluding hydrogens is 242 g/mol. The molecule has 1 amide bonds. The van der Waals surface area contributed by atoms with Crippen molar-refractivity contribution in [1.82, 2.24) is 10.5 Å². The lowest BCUT2D eigenvalue weighted by Gasteiger charge is -2.17. The zero-order chi connectivity index (χ0) is 14.2. The Morgan fingerprint density at radius 1 is 1.26 bits per heavy atom. The van der Waals surface area contributed by atoms with Gasteiger partial charge >= 0.3 is 0 Å². The molecule has 0 saturated carbocycles. The van der Waals surface area contributed by atoms with E-state index in [-0.39, 0.29) is 0 Å². The molecule has 19 heavy (non-hydrogen) atoms. The maximum Gasteiger partial charge on any atom is 0.274 e. The highest BCUT2D eigenvalue weighted by Crippen LogP contribution is 2.28. The van der Waals surface area contributed by atoms with E-state index >= 15 is 0 Å². The topological polar surface area (TPSA) is 65.5 Å². The largest absolute Gasteiger partial charge is 0.377 e. The van der Waals surface area contributed by atoms with Crippen molar-refractivity contribution in [3.05, 3.63) is 35.0 Å². The van der Waals surface area contributed by atoms with Gasteiger partial charge in [-0.2, -0.15) is 0 Å². The maximum absolute atomic E-state index is 11.6. The van der Waals surface area contributed by atoms with Crippen LogP contribution < -0.4 is 10.4 Å². The van der Waals surface area contributed by atoms with Crippen molar-refractivity contribution in [1.29, 1.82) is 0 Å². The van der Waals surface area contributed by atoms with Crippen molar-refractivity contribution in [3.8, 4) is 0 Å². The number of nitrogens with one attached hydrogen (secondary N) is 1. The van der Waals surface area contributed by atoms with Crippen molar-refractivity contribution in [2.45, 2.75) is 13.8 Å². The minimum Gasteiger partial charge on any atom is -0.377 e. The third kappa shape index (κ3) is 2.37. The van der Waals surface area contributed by atoms with Crippen LogP contribution in [0.4, 0.5) is 5.69 Å². The Morgan fingerprint density at radius 2 is 1.95 bits per heavy atom. The van der Waals surface area contributed by atoms with Crippen molar-refractivity contribution in [3.63, 3.8) is 0 Å². The molecule has 0 unspecified atom stereocenters. The minimum atomic E-state index is -0.518. The van der Waals surface area contributed by atoms with Gasteiger partial charge in [0.05, 0.1) is 5.52 Å². The Hall–Kier alpha value is -2.14. The first-order chi connectivity index (χ1) is 8.93. The Bertz CT molecular complexity index is 651. The summed E-state index contributed by atoms with van der Waals surface area (Å²) >= 11 is 0. The number of hydroxylamine groups is 1. The highest BCUT2D eigenvalue weighted by Gasteiger charge is 2.13. The summed E-state index contributed by atoms with van der Waals surface area (Å²) in [6.45, 7) is 3.85. The number of nitrogens with zero attached hydrogens (tertiary/aromatic N) is 2. The molecule has 0 aliphatic heterocycles. The number of aryl methyl sites for hydroxylation is 2. The molecule has 1 aromatic heterocycles. The first-order valence-electron chi connectivity index (χ1n) is 5.98. The maximum atomic E-state index is 11.6. The number of rotatable bonds is 2. The van der Waals surface area contributed by atoms with E-state index in [2.05, 4.69) is 4.98 Å². The van der Waals surface area contributed by atoms with Gasteiger partial charge in [0.15, 0.2) is 0 Å². The number of pyridine rings is 1. The summed E-state index contributed by atoms with van der Waals surface area (Å²) < 4.78 is 0. The molecule has 0 radical (unpaired) electrons. The summed E-state index contributed by atoms with van der Waals surface area (Å²) in [6.07, 6.45) is 0. The summed E-state index contributed by atoms with van der Waals surface area (Å²) in [4.78, 5) is 18.1. The molecule has 0 atom stereocenters. The van der Waals surface area contributed by atoms with Crippen LogP contribution in [-0.2, 0) is 0 Å². The average Bonchev–Trinajstić information content (AvgIpc) is 2.37. The smallest absolute Gasteiger partial charge is 0.274 e. The fourth-order valence-electron chi connectivity index (χ4n) is 2.17. The highest BCUT2D eigenvalue weighted by atomic mass is 16.5. The van der Waals surface area contributed by atoms with Gasteiger partial charge in [0.2, 0.25) is 0 Å². The number of hydrogen-bond donors (Lipinski definition) is 2. The van der Waals surface area contributed by atoms with Gasteiger partial charge < -0.3 is 4.90 Å². The van der Waals surface area contributed by atoms with Crippen LogP contribution in [0.15, 0.2) is 18.2 Å². The van der Waals surface area contributed by atoms with Gasteiger partial charge in [0.1, 0.15) is 0 Å². The molecule has 0 fully saturated rings. The molecule has 0 bridgehead atoms. The van der Waals surface area contributed by atoms with Gasteiger partial charge in [-0.1, -0.05) is 0 Å². The lowest BCUT2D eigenvalue weighted by Crippen LogP contribution is -2.19. The fourth-order valence-corrected chi connectivity index (χ4v) is 2.17. The standard InChI is InChI=1S/C14H17N3O2/c1-8-5-10(14(18)16-19)7-11-12(17(3)4)6-9(2)15-13(8)11/h5-7,19H,1-4H3,(H,16,18). The Balaban J connectivity index is 2.81. The summed E-state index contributed by atoms with van der Waals surface area (Å²) in [5.41, 5.74) is 5.78. The molecule has 0 saturated heterocycles. The highest BCUT2D eigenvalue weighted by molar-refractivity contribution is 6.02. The second-order valence-electron chi connectivity index (χ2n) is 4.81. The molecule has 5 nitrogen and oxygen atoms in total. The normalized spacial score (nSPS) is 10.6. The average molecular weight is 259 g/mol. The number of carbonyl (C=O) groups excluding carboxylic acids is 1. The summed E-state index contributed by atoms with van der Waals surface area (Å²) in [7, 11) is 3.89. The number of aromatic nitrogens is 1. The number of anilines is 1. The summed E-state index contributed by atoms with van der Waals surface area (Å²) in [5.74, 6) is -0.518. The van der Waals surface area contributed by atoms with Gasteiger partial charge in [-0.25, -0.2) is 5.48 Å². The number of fused-ring (bicyclic) bond motifs is 1. The molecule has 1 heterocycles. The first kappa shape index (κ1) is 13.3. The Labute approximate surface area is 111 Å². The second-order valence-corrected chi connectivity index (χ2v) is 4.81. The lowest BCUT2D eigenvalue weighted by atomic mass is 10.0.